The first kappa shape index (κ1) is 65.2. The molecule has 0 aliphatic heterocycles. The van der Waals surface area contributed by atoms with Crippen molar-refractivity contribution in [2.45, 2.75) is 250 Å². The van der Waals surface area contributed by atoms with Gasteiger partial charge in [-0.3, -0.25) is 0 Å². The molecule has 0 aromatic rings. The van der Waals surface area contributed by atoms with Gasteiger partial charge in [0, 0.05) is 11.8 Å². The molecule has 0 bridgehead atoms. The van der Waals surface area contributed by atoms with Crippen LogP contribution in [0, 0.1) is 46.3 Å². The quantitative estimate of drug-likeness (QED) is 0.128. The van der Waals surface area contributed by atoms with Crippen LogP contribution in [0.4, 0.5) is 105 Å². The minimum atomic E-state index is -6.01. The van der Waals surface area contributed by atoms with Gasteiger partial charge in [-0.05, 0) is 126 Å². The standard InChI is InChI=1S/C52H64F24O4/c1-3-29-31(53)35(57)38(60)43(33(29)55)77-25-13-5-21(6-14-25)47(49(65,66)67,50(68,69)70)23-9-17-27(18-10-23)79-45-40(62)37(59)41(63)46(42(45)64)80-28-19-11-24(12-20-28)48(51(71,72)73,52(74,75)76)22-7-15-26(16-8-22)78-44-34(56)30(4-2)32(54)36(58)39(44)61/h3-4,21-46H,1-2,5-20H2. The van der Waals surface area contributed by atoms with Crippen LogP contribution in [0.5, 0.6) is 0 Å². The van der Waals surface area contributed by atoms with Crippen molar-refractivity contribution in [3.63, 3.8) is 0 Å². The van der Waals surface area contributed by atoms with E-state index in [1.54, 1.807) is 0 Å². The molecule has 16 unspecified atom stereocenters. The fraction of sp³-hybridized carbons (Fsp3) is 0.923. The number of alkyl halides is 24. The highest BCUT2D eigenvalue weighted by atomic mass is 19.4. The molecule has 7 fully saturated rings. The number of halogens is 24. The van der Waals surface area contributed by atoms with Gasteiger partial charge in [0.25, 0.3) is 0 Å². The molecule has 7 saturated carbocycles. The van der Waals surface area contributed by atoms with E-state index in [1.165, 1.54) is 0 Å². The third-order valence-corrected chi connectivity index (χ3v) is 18.9. The summed E-state index contributed by atoms with van der Waals surface area (Å²) < 4.78 is 383. The summed E-state index contributed by atoms with van der Waals surface area (Å²) in [4.78, 5) is 0. The van der Waals surface area contributed by atoms with Crippen molar-refractivity contribution in [3.05, 3.63) is 25.3 Å². The minimum Gasteiger partial charge on any atom is -0.369 e. The summed E-state index contributed by atoms with van der Waals surface area (Å²) in [6.07, 6.45) is -85.4. The Morgan fingerprint density at radius 3 is 0.625 bits per heavy atom. The predicted octanol–water partition coefficient (Wildman–Crippen LogP) is 15.7. The van der Waals surface area contributed by atoms with Crippen molar-refractivity contribution in [1.29, 1.82) is 0 Å². The molecule has 28 heteroatoms. The molecule has 0 amide bonds. The maximum Gasteiger partial charge on any atom is 0.403 e. The number of rotatable bonds is 14. The Morgan fingerprint density at radius 1 is 0.250 bits per heavy atom. The monoisotopic (exact) mass is 1210 g/mol. The average molecular weight is 1210 g/mol. The lowest BCUT2D eigenvalue weighted by atomic mass is 9.57. The second-order valence-corrected chi connectivity index (χ2v) is 23.0. The highest BCUT2D eigenvalue weighted by Crippen LogP contribution is 2.67. The van der Waals surface area contributed by atoms with Crippen molar-refractivity contribution in [3.8, 4) is 0 Å². The van der Waals surface area contributed by atoms with E-state index in [4.69, 9.17) is 18.9 Å². The molecule has 0 heterocycles. The minimum absolute atomic E-state index is 0.618. The maximum absolute atomic E-state index is 16.3. The van der Waals surface area contributed by atoms with Crippen LogP contribution in [-0.2, 0) is 18.9 Å². The summed E-state index contributed by atoms with van der Waals surface area (Å²) in [5, 5.41) is 0. The van der Waals surface area contributed by atoms with Gasteiger partial charge >= 0.3 is 24.7 Å². The molecular formula is C52H64F24O4. The van der Waals surface area contributed by atoms with Crippen LogP contribution in [0.25, 0.3) is 0 Å². The van der Waals surface area contributed by atoms with Crippen LogP contribution < -0.4 is 0 Å². The van der Waals surface area contributed by atoms with Crippen LogP contribution in [0.2, 0.25) is 0 Å². The third kappa shape index (κ3) is 11.7. The van der Waals surface area contributed by atoms with Gasteiger partial charge in [-0.15, -0.1) is 13.2 Å². The summed E-state index contributed by atoms with van der Waals surface area (Å²) in [7, 11) is 0. The Balaban J connectivity index is 0.976. The van der Waals surface area contributed by atoms with Crippen molar-refractivity contribution >= 4 is 0 Å². The lowest BCUT2D eigenvalue weighted by Crippen LogP contribution is -2.62. The van der Waals surface area contributed by atoms with Crippen molar-refractivity contribution in [2.24, 2.45) is 46.3 Å². The van der Waals surface area contributed by atoms with Crippen LogP contribution >= 0.6 is 0 Å². The summed E-state index contributed by atoms with van der Waals surface area (Å²) in [5.74, 6) is -12.7. The summed E-state index contributed by atoms with van der Waals surface area (Å²) in [6.45, 7) is 6.36. The molecule has 4 nitrogen and oxygen atoms in total. The number of hydrogen-bond donors (Lipinski definition) is 0. The Labute approximate surface area is 445 Å². The summed E-state index contributed by atoms with van der Waals surface area (Å²) in [6, 6.07) is 0. The van der Waals surface area contributed by atoms with E-state index in [0.29, 0.717) is 12.2 Å². The SMILES string of the molecule is C=CC1C(F)C(F)C(F)C(OC2CCC(C(C3CCC(OC4C(F)C(F)C(F)C(OC5CCC(C(C6CCC(OC7C(F)C(F)C(F)C(C=C)C7F)CC6)(C(F)(F)F)C(F)(F)F)CC5)C4F)CC3)(C(F)(F)F)C(F)(F)F)CC2)C1F. The van der Waals surface area contributed by atoms with Gasteiger partial charge < -0.3 is 18.9 Å². The maximum atomic E-state index is 16.3. The zero-order valence-corrected chi connectivity index (χ0v) is 42.6. The molecule has 7 aliphatic rings. The van der Waals surface area contributed by atoms with E-state index in [9.17, 15) is 26.3 Å². The molecule has 0 saturated heterocycles. The van der Waals surface area contributed by atoms with E-state index in [0.717, 1.165) is 0 Å². The number of ether oxygens (including phenoxy) is 4. The smallest absolute Gasteiger partial charge is 0.369 e. The molecule has 464 valence electrons. The first-order valence-electron chi connectivity index (χ1n) is 26.9. The fourth-order valence-electron chi connectivity index (χ4n) is 14.8. The largest absolute Gasteiger partial charge is 0.403 e. The lowest BCUT2D eigenvalue weighted by molar-refractivity contribution is -0.384. The van der Waals surface area contributed by atoms with E-state index in [-0.39, 0.29) is 0 Å². The molecule has 80 heavy (non-hydrogen) atoms. The first-order valence-corrected chi connectivity index (χ1v) is 26.9. The van der Waals surface area contributed by atoms with E-state index in [1.807, 2.05) is 0 Å². The topological polar surface area (TPSA) is 36.9 Å². The van der Waals surface area contributed by atoms with Gasteiger partial charge in [-0.25, -0.2) is 52.7 Å². The Hall–Kier alpha value is -2.36. The van der Waals surface area contributed by atoms with Gasteiger partial charge in [0.2, 0.25) is 0 Å². The number of allylic oxidation sites excluding steroid dienone is 2. The highest BCUT2D eigenvalue weighted by Gasteiger charge is 2.78. The van der Waals surface area contributed by atoms with E-state index in [2.05, 4.69) is 13.2 Å². The van der Waals surface area contributed by atoms with E-state index < -0.39 is 297 Å². The Morgan fingerprint density at radius 2 is 0.438 bits per heavy atom. The van der Waals surface area contributed by atoms with Crippen molar-refractivity contribution < 1.29 is 124 Å². The van der Waals surface area contributed by atoms with Gasteiger partial charge in [0.15, 0.2) is 60.2 Å². The van der Waals surface area contributed by atoms with E-state index >= 15 is 79.0 Å². The van der Waals surface area contributed by atoms with Gasteiger partial charge in [0.1, 0.15) is 49.1 Å². The molecule has 0 aromatic heterocycles. The van der Waals surface area contributed by atoms with Gasteiger partial charge in [-0.2, -0.15) is 52.7 Å². The third-order valence-electron chi connectivity index (χ3n) is 18.9. The molecule has 0 radical (unpaired) electrons. The second-order valence-electron chi connectivity index (χ2n) is 23.0. The van der Waals surface area contributed by atoms with Crippen molar-refractivity contribution in [2.75, 3.05) is 0 Å². The molecule has 0 aromatic carbocycles. The molecule has 0 spiro atoms. The van der Waals surface area contributed by atoms with Crippen LogP contribution in [0.3, 0.4) is 0 Å². The normalized spacial score (nSPS) is 45.2. The van der Waals surface area contributed by atoms with Gasteiger partial charge in [-0.1, -0.05) is 12.2 Å². The van der Waals surface area contributed by atoms with Crippen LogP contribution in [0.15, 0.2) is 25.3 Å². The average Bonchev–Trinajstić information content (AvgIpc) is 3.59. The molecule has 7 aliphatic carbocycles. The van der Waals surface area contributed by atoms with Crippen LogP contribution in [-0.4, -0.2) is 148 Å². The van der Waals surface area contributed by atoms with Gasteiger partial charge in [0.05, 0.1) is 24.4 Å². The Bertz CT molecular complexity index is 1840. The molecule has 7 rings (SSSR count). The van der Waals surface area contributed by atoms with Crippen molar-refractivity contribution in [1.82, 2.24) is 0 Å². The van der Waals surface area contributed by atoms with Crippen LogP contribution in [0.1, 0.15) is 103 Å². The fourth-order valence-corrected chi connectivity index (χ4v) is 14.8. The summed E-state index contributed by atoms with van der Waals surface area (Å²) >= 11 is 0. The molecule has 0 N–H and O–H groups in total. The lowest BCUT2D eigenvalue weighted by Gasteiger charge is -2.52. The second kappa shape index (κ2) is 24.6. The molecular weight excluding hydrogens is 1140 g/mol. The Kier molecular flexibility index (Phi) is 20.0. The first-order chi connectivity index (χ1) is 37.1. The molecule has 16 atom stereocenters. The predicted molar refractivity (Wildman–Crippen MR) is 238 cm³/mol. The summed E-state index contributed by atoms with van der Waals surface area (Å²) in [5.41, 5.74) is -8.89. The zero-order chi connectivity index (χ0) is 59.6. The number of hydrogen-bond acceptors (Lipinski definition) is 4. The highest BCUT2D eigenvalue weighted by molar-refractivity contribution is 5.11. The zero-order valence-electron chi connectivity index (χ0n) is 42.6.